The normalized spacial score (nSPS) is 20.8. The summed E-state index contributed by atoms with van der Waals surface area (Å²) in [5, 5.41) is 1.09. The topological polar surface area (TPSA) is 55.0 Å². The van der Waals surface area contributed by atoms with Gasteiger partial charge in [0.15, 0.2) is 0 Å². The van der Waals surface area contributed by atoms with Crippen LogP contribution >= 0.6 is 23.4 Å². The Kier molecular flexibility index (Phi) is 4.95. The van der Waals surface area contributed by atoms with Crippen molar-refractivity contribution < 1.29 is 0 Å². The maximum atomic E-state index is 5.94. The molecule has 2 N–H and O–H groups in total. The number of aromatic nitrogens is 2. The van der Waals surface area contributed by atoms with Crippen LogP contribution in [-0.4, -0.2) is 34.1 Å². The molecule has 0 radical (unpaired) electrons. The lowest BCUT2D eigenvalue weighted by molar-refractivity contribution is 0.735. The number of nitrogens with zero attached hydrogens (tertiary/aromatic N) is 3. The predicted molar refractivity (Wildman–Crippen MR) is 79.4 cm³/mol. The molecule has 0 saturated carbocycles. The molecule has 1 saturated heterocycles. The van der Waals surface area contributed by atoms with Gasteiger partial charge in [-0.3, -0.25) is 0 Å². The van der Waals surface area contributed by atoms with Crippen LogP contribution in [0.5, 0.6) is 0 Å². The standard InChI is InChI=1S/C12H19ClN4S/c1-2-18-9-5-3-4-6-17(8-9)11-7-10(13)15-12(14)16-11/h7,9H,2-6,8H2,1H3,(H2,14,15,16). The van der Waals surface area contributed by atoms with Crippen LogP contribution in [-0.2, 0) is 0 Å². The van der Waals surface area contributed by atoms with Gasteiger partial charge in [0, 0.05) is 24.4 Å². The van der Waals surface area contributed by atoms with Crippen molar-refractivity contribution in [1.29, 1.82) is 0 Å². The van der Waals surface area contributed by atoms with Gasteiger partial charge in [-0.1, -0.05) is 24.9 Å². The van der Waals surface area contributed by atoms with Crippen LogP contribution in [0.4, 0.5) is 11.8 Å². The summed E-state index contributed by atoms with van der Waals surface area (Å²) in [6, 6.07) is 1.80. The van der Waals surface area contributed by atoms with E-state index in [1.807, 2.05) is 11.8 Å². The molecule has 100 valence electrons. The Morgan fingerprint density at radius 2 is 2.33 bits per heavy atom. The molecule has 0 amide bonds. The number of anilines is 2. The van der Waals surface area contributed by atoms with Crippen molar-refractivity contribution in [2.45, 2.75) is 31.4 Å². The number of rotatable bonds is 3. The van der Waals surface area contributed by atoms with Crippen molar-refractivity contribution in [3.8, 4) is 0 Å². The third-order valence-electron chi connectivity index (χ3n) is 3.05. The first kappa shape index (κ1) is 13.7. The largest absolute Gasteiger partial charge is 0.368 e. The van der Waals surface area contributed by atoms with E-state index in [2.05, 4.69) is 21.8 Å². The van der Waals surface area contributed by atoms with Crippen LogP contribution in [0.3, 0.4) is 0 Å². The fourth-order valence-electron chi connectivity index (χ4n) is 2.27. The highest BCUT2D eigenvalue weighted by Crippen LogP contribution is 2.26. The average Bonchev–Trinajstić information content (AvgIpc) is 2.54. The lowest BCUT2D eigenvalue weighted by Gasteiger charge is -2.25. The van der Waals surface area contributed by atoms with Gasteiger partial charge in [0.1, 0.15) is 11.0 Å². The molecular weight excluding hydrogens is 268 g/mol. The highest BCUT2D eigenvalue weighted by molar-refractivity contribution is 7.99. The van der Waals surface area contributed by atoms with Gasteiger partial charge >= 0.3 is 0 Å². The quantitative estimate of drug-likeness (QED) is 0.866. The van der Waals surface area contributed by atoms with Crippen LogP contribution in [0.1, 0.15) is 26.2 Å². The van der Waals surface area contributed by atoms with Gasteiger partial charge in [-0.05, 0) is 18.6 Å². The molecule has 0 spiro atoms. The summed E-state index contributed by atoms with van der Waals surface area (Å²) in [6.45, 7) is 4.25. The van der Waals surface area contributed by atoms with Crippen molar-refractivity contribution in [3.63, 3.8) is 0 Å². The second-order valence-corrected chi connectivity index (χ2v) is 6.39. The van der Waals surface area contributed by atoms with E-state index in [0.717, 1.165) is 24.7 Å². The maximum absolute atomic E-state index is 5.94. The molecule has 1 aromatic heterocycles. The molecule has 1 aliphatic heterocycles. The van der Waals surface area contributed by atoms with Gasteiger partial charge < -0.3 is 10.6 Å². The first-order valence-corrected chi connectivity index (χ1v) is 7.78. The molecule has 0 bridgehead atoms. The van der Waals surface area contributed by atoms with Gasteiger partial charge in [-0.25, -0.2) is 4.98 Å². The molecule has 6 heteroatoms. The highest BCUT2D eigenvalue weighted by Gasteiger charge is 2.19. The second-order valence-electron chi connectivity index (χ2n) is 4.43. The van der Waals surface area contributed by atoms with E-state index in [1.54, 1.807) is 6.07 Å². The summed E-state index contributed by atoms with van der Waals surface area (Å²) in [5.74, 6) is 2.27. The zero-order valence-corrected chi connectivity index (χ0v) is 12.2. The molecule has 1 unspecified atom stereocenters. The summed E-state index contributed by atoms with van der Waals surface area (Å²) in [4.78, 5) is 10.5. The first-order chi connectivity index (χ1) is 8.69. The number of nitrogens with two attached hydrogens (primary N) is 1. The SMILES string of the molecule is CCSC1CCCCN(c2cc(Cl)nc(N)n2)C1. The van der Waals surface area contributed by atoms with E-state index in [0.29, 0.717) is 10.4 Å². The van der Waals surface area contributed by atoms with E-state index >= 15 is 0 Å². The fraction of sp³-hybridized carbons (Fsp3) is 0.667. The summed E-state index contributed by atoms with van der Waals surface area (Å²) in [5.41, 5.74) is 5.66. The number of halogens is 1. The lowest BCUT2D eigenvalue weighted by Crippen LogP contribution is -2.30. The number of nitrogen functional groups attached to an aromatic ring is 1. The fourth-order valence-corrected chi connectivity index (χ4v) is 3.54. The zero-order valence-electron chi connectivity index (χ0n) is 10.6. The van der Waals surface area contributed by atoms with Crippen molar-refractivity contribution in [3.05, 3.63) is 11.2 Å². The molecule has 1 aromatic rings. The third-order valence-corrected chi connectivity index (χ3v) is 4.44. The Hall–Kier alpha value is -0.680. The summed E-state index contributed by atoms with van der Waals surface area (Å²) in [6.07, 6.45) is 3.76. The molecule has 1 fully saturated rings. The Morgan fingerprint density at radius 1 is 1.50 bits per heavy atom. The van der Waals surface area contributed by atoms with Crippen LogP contribution in [0.15, 0.2) is 6.07 Å². The summed E-state index contributed by atoms with van der Waals surface area (Å²) < 4.78 is 0. The van der Waals surface area contributed by atoms with Crippen molar-refractivity contribution >= 4 is 35.1 Å². The summed E-state index contributed by atoms with van der Waals surface area (Å²) >= 11 is 7.97. The van der Waals surface area contributed by atoms with Gasteiger partial charge in [0.25, 0.3) is 0 Å². The minimum absolute atomic E-state index is 0.251. The highest BCUT2D eigenvalue weighted by atomic mass is 35.5. The van der Waals surface area contributed by atoms with Crippen LogP contribution < -0.4 is 10.6 Å². The van der Waals surface area contributed by atoms with Crippen LogP contribution in [0, 0.1) is 0 Å². The molecule has 2 heterocycles. The number of hydrogen-bond acceptors (Lipinski definition) is 5. The van der Waals surface area contributed by atoms with E-state index in [4.69, 9.17) is 17.3 Å². The van der Waals surface area contributed by atoms with Crippen molar-refractivity contribution in [2.75, 3.05) is 29.5 Å². The average molecular weight is 287 g/mol. The number of hydrogen-bond donors (Lipinski definition) is 1. The molecule has 1 aliphatic rings. The van der Waals surface area contributed by atoms with Gasteiger partial charge in [0.05, 0.1) is 0 Å². The lowest BCUT2D eigenvalue weighted by atomic mass is 10.2. The molecule has 0 aromatic carbocycles. The Balaban J connectivity index is 2.14. The second kappa shape index (κ2) is 6.48. The van der Waals surface area contributed by atoms with Crippen molar-refractivity contribution in [1.82, 2.24) is 9.97 Å². The molecule has 4 nitrogen and oxygen atoms in total. The van der Waals surface area contributed by atoms with Crippen LogP contribution in [0.2, 0.25) is 5.15 Å². The van der Waals surface area contributed by atoms with Crippen molar-refractivity contribution in [2.24, 2.45) is 0 Å². The molecule has 1 atom stereocenters. The van der Waals surface area contributed by atoms with Gasteiger partial charge in [-0.15, -0.1) is 0 Å². The Bertz CT molecular complexity index is 381. The minimum Gasteiger partial charge on any atom is -0.368 e. The monoisotopic (exact) mass is 286 g/mol. The molecule has 2 rings (SSSR count). The van der Waals surface area contributed by atoms with E-state index in [-0.39, 0.29) is 5.95 Å². The Morgan fingerprint density at radius 3 is 3.06 bits per heavy atom. The molecule has 0 aliphatic carbocycles. The Labute approximate surface area is 117 Å². The number of thioether (sulfide) groups is 1. The predicted octanol–water partition coefficient (Wildman–Crippen LogP) is 2.82. The van der Waals surface area contributed by atoms with E-state index in [9.17, 15) is 0 Å². The van der Waals surface area contributed by atoms with Crippen LogP contribution in [0.25, 0.3) is 0 Å². The minimum atomic E-state index is 0.251. The van der Waals surface area contributed by atoms with Gasteiger partial charge in [-0.2, -0.15) is 16.7 Å². The maximum Gasteiger partial charge on any atom is 0.223 e. The third kappa shape index (κ3) is 3.65. The molecule has 18 heavy (non-hydrogen) atoms. The summed E-state index contributed by atoms with van der Waals surface area (Å²) in [7, 11) is 0. The van der Waals surface area contributed by atoms with E-state index in [1.165, 1.54) is 19.3 Å². The zero-order chi connectivity index (χ0) is 13.0. The smallest absolute Gasteiger partial charge is 0.223 e. The molecular formula is C12H19ClN4S. The van der Waals surface area contributed by atoms with Gasteiger partial charge in [0.2, 0.25) is 5.95 Å². The van der Waals surface area contributed by atoms with E-state index < -0.39 is 0 Å². The first-order valence-electron chi connectivity index (χ1n) is 6.35.